The molecular formula is C13H14FNO2. The largest absolute Gasteiger partial charge is 0.461 e. The molecule has 0 aliphatic rings. The van der Waals surface area contributed by atoms with Gasteiger partial charge in [0.15, 0.2) is 0 Å². The second kappa shape index (κ2) is 4.57. The molecule has 2 aromatic rings. The molecule has 0 spiro atoms. The number of carbonyl (C=O) groups excluding carboxylic acids is 1. The van der Waals surface area contributed by atoms with Gasteiger partial charge in [0.1, 0.15) is 11.5 Å². The van der Waals surface area contributed by atoms with E-state index in [0.717, 1.165) is 12.1 Å². The molecule has 2 heterocycles. The third kappa shape index (κ3) is 1.90. The summed E-state index contributed by atoms with van der Waals surface area (Å²) in [6.45, 7) is 4.01. The lowest BCUT2D eigenvalue weighted by Crippen LogP contribution is -2.12. The molecule has 0 amide bonds. The standard InChI is InChI=1S/C13H14FNO2/c1-3-9-5-7-11-10(14)6-8-12(15(9)11)13(16)17-4-2/h5-8H,3-4H2,1-2H3. The van der Waals surface area contributed by atoms with Crippen LogP contribution in [0, 0.1) is 5.82 Å². The highest BCUT2D eigenvalue weighted by molar-refractivity contribution is 5.89. The highest BCUT2D eigenvalue weighted by Gasteiger charge is 2.15. The first-order valence-electron chi connectivity index (χ1n) is 5.65. The third-order valence-electron chi connectivity index (χ3n) is 2.68. The van der Waals surface area contributed by atoms with Gasteiger partial charge >= 0.3 is 5.97 Å². The van der Waals surface area contributed by atoms with Crippen LogP contribution in [0.3, 0.4) is 0 Å². The van der Waals surface area contributed by atoms with Gasteiger partial charge in [-0.3, -0.25) is 0 Å². The van der Waals surface area contributed by atoms with Crippen molar-refractivity contribution in [3.8, 4) is 0 Å². The Kier molecular flexibility index (Phi) is 3.13. The molecule has 0 unspecified atom stereocenters. The van der Waals surface area contributed by atoms with E-state index in [1.54, 1.807) is 17.4 Å². The molecule has 0 saturated heterocycles. The molecule has 0 fully saturated rings. The number of aromatic nitrogens is 1. The van der Waals surface area contributed by atoms with Crippen molar-refractivity contribution in [3.63, 3.8) is 0 Å². The summed E-state index contributed by atoms with van der Waals surface area (Å²) in [5, 5.41) is 0. The van der Waals surface area contributed by atoms with Crippen LogP contribution < -0.4 is 0 Å². The van der Waals surface area contributed by atoms with Crippen molar-refractivity contribution in [1.29, 1.82) is 0 Å². The molecule has 0 aliphatic heterocycles. The van der Waals surface area contributed by atoms with Crippen LogP contribution in [-0.4, -0.2) is 17.0 Å². The SMILES string of the molecule is CCOC(=O)c1ccc(F)c2ccc(CC)n12. The topological polar surface area (TPSA) is 30.7 Å². The zero-order valence-electron chi connectivity index (χ0n) is 9.87. The van der Waals surface area contributed by atoms with Gasteiger partial charge in [-0.1, -0.05) is 6.92 Å². The fraction of sp³-hybridized carbons (Fsp3) is 0.308. The molecule has 3 nitrogen and oxygen atoms in total. The molecule has 2 aromatic heterocycles. The number of hydrogen-bond acceptors (Lipinski definition) is 2. The Hall–Kier alpha value is -1.84. The molecule has 17 heavy (non-hydrogen) atoms. The van der Waals surface area contributed by atoms with Crippen molar-refractivity contribution >= 4 is 11.5 Å². The summed E-state index contributed by atoms with van der Waals surface area (Å²) in [5.74, 6) is -0.763. The minimum Gasteiger partial charge on any atom is -0.461 e. The van der Waals surface area contributed by atoms with E-state index in [1.807, 2.05) is 13.0 Å². The van der Waals surface area contributed by atoms with Gasteiger partial charge in [-0.25, -0.2) is 9.18 Å². The van der Waals surface area contributed by atoms with E-state index >= 15 is 0 Å². The summed E-state index contributed by atoms with van der Waals surface area (Å²) in [6.07, 6.45) is 0.726. The first-order valence-corrected chi connectivity index (χ1v) is 5.65. The molecule has 0 radical (unpaired) electrons. The number of pyridine rings is 1. The fourth-order valence-corrected chi connectivity index (χ4v) is 1.90. The lowest BCUT2D eigenvalue weighted by molar-refractivity contribution is 0.0517. The van der Waals surface area contributed by atoms with Gasteiger partial charge in [0.05, 0.1) is 12.1 Å². The second-order valence-electron chi connectivity index (χ2n) is 3.69. The fourth-order valence-electron chi connectivity index (χ4n) is 1.90. The van der Waals surface area contributed by atoms with Gasteiger partial charge in [-0.05, 0) is 37.6 Å². The molecule has 0 aromatic carbocycles. The lowest BCUT2D eigenvalue weighted by atomic mass is 10.3. The Morgan fingerprint density at radius 2 is 2.06 bits per heavy atom. The van der Waals surface area contributed by atoms with Gasteiger partial charge in [-0.15, -0.1) is 0 Å². The van der Waals surface area contributed by atoms with Crippen LogP contribution in [0.4, 0.5) is 4.39 Å². The Morgan fingerprint density at radius 3 is 2.71 bits per heavy atom. The van der Waals surface area contributed by atoms with E-state index in [-0.39, 0.29) is 5.82 Å². The van der Waals surface area contributed by atoms with Crippen molar-refractivity contribution < 1.29 is 13.9 Å². The van der Waals surface area contributed by atoms with E-state index < -0.39 is 5.97 Å². The molecule has 90 valence electrons. The number of aryl methyl sites for hydroxylation is 1. The van der Waals surface area contributed by atoms with Crippen LogP contribution >= 0.6 is 0 Å². The van der Waals surface area contributed by atoms with E-state index in [1.165, 1.54) is 12.1 Å². The molecule has 0 N–H and O–H groups in total. The van der Waals surface area contributed by atoms with Crippen molar-refractivity contribution in [2.75, 3.05) is 6.61 Å². The Labute approximate surface area is 98.8 Å². The minimum absolute atomic E-state index is 0.306. The Balaban J connectivity index is 2.66. The van der Waals surface area contributed by atoms with E-state index in [2.05, 4.69) is 0 Å². The second-order valence-corrected chi connectivity index (χ2v) is 3.69. The highest BCUT2D eigenvalue weighted by atomic mass is 19.1. The van der Waals surface area contributed by atoms with Gasteiger partial charge in [0.25, 0.3) is 0 Å². The first kappa shape index (κ1) is 11.6. The third-order valence-corrected chi connectivity index (χ3v) is 2.68. The summed E-state index contributed by atoms with van der Waals surface area (Å²) < 4.78 is 20.2. The summed E-state index contributed by atoms with van der Waals surface area (Å²) in [5.41, 5.74) is 1.67. The van der Waals surface area contributed by atoms with Crippen LogP contribution in [-0.2, 0) is 11.2 Å². The summed E-state index contributed by atoms with van der Waals surface area (Å²) in [7, 11) is 0. The maximum atomic E-state index is 13.6. The number of hydrogen-bond donors (Lipinski definition) is 0. The molecule has 0 atom stereocenters. The van der Waals surface area contributed by atoms with Crippen molar-refractivity contribution in [1.82, 2.24) is 4.40 Å². The molecule has 0 bridgehead atoms. The van der Waals surface area contributed by atoms with Gasteiger partial charge < -0.3 is 9.14 Å². The zero-order valence-corrected chi connectivity index (χ0v) is 9.87. The number of ether oxygens (including phenoxy) is 1. The average molecular weight is 235 g/mol. The lowest BCUT2D eigenvalue weighted by Gasteiger charge is -2.08. The first-order chi connectivity index (χ1) is 8.19. The number of esters is 1. The summed E-state index contributed by atoms with van der Waals surface area (Å²) in [6, 6.07) is 6.25. The van der Waals surface area contributed by atoms with Crippen molar-refractivity contribution in [2.24, 2.45) is 0 Å². The minimum atomic E-state index is -0.427. The predicted octanol–water partition coefficient (Wildman–Crippen LogP) is 2.82. The predicted molar refractivity (Wildman–Crippen MR) is 62.7 cm³/mol. The van der Waals surface area contributed by atoms with Gasteiger partial charge in [0, 0.05) is 5.69 Å². The maximum absolute atomic E-state index is 13.6. The molecular weight excluding hydrogens is 221 g/mol. The van der Waals surface area contributed by atoms with Crippen molar-refractivity contribution in [2.45, 2.75) is 20.3 Å². The Bertz CT molecular complexity index is 560. The average Bonchev–Trinajstić information content (AvgIpc) is 2.74. The number of rotatable bonds is 3. The Morgan fingerprint density at radius 1 is 1.29 bits per heavy atom. The van der Waals surface area contributed by atoms with Crippen molar-refractivity contribution in [3.05, 3.63) is 41.5 Å². The quantitative estimate of drug-likeness (QED) is 0.766. The van der Waals surface area contributed by atoms with Gasteiger partial charge in [0.2, 0.25) is 0 Å². The molecule has 2 rings (SSSR count). The monoisotopic (exact) mass is 235 g/mol. The normalized spacial score (nSPS) is 10.8. The van der Waals surface area contributed by atoms with Crippen LogP contribution in [0.5, 0.6) is 0 Å². The van der Waals surface area contributed by atoms with Crippen LogP contribution in [0.15, 0.2) is 24.3 Å². The van der Waals surface area contributed by atoms with Crippen LogP contribution in [0.2, 0.25) is 0 Å². The number of carbonyl (C=O) groups is 1. The molecule has 4 heteroatoms. The smallest absolute Gasteiger partial charge is 0.355 e. The van der Waals surface area contributed by atoms with Gasteiger partial charge in [-0.2, -0.15) is 0 Å². The summed E-state index contributed by atoms with van der Waals surface area (Å²) >= 11 is 0. The number of nitrogens with zero attached hydrogens (tertiary/aromatic N) is 1. The van der Waals surface area contributed by atoms with Crippen LogP contribution in [0.1, 0.15) is 30.0 Å². The van der Waals surface area contributed by atoms with E-state index in [0.29, 0.717) is 17.8 Å². The zero-order chi connectivity index (χ0) is 12.4. The molecule has 0 saturated carbocycles. The van der Waals surface area contributed by atoms with E-state index in [9.17, 15) is 9.18 Å². The van der Waals surface area contributed by atoms with Crippen LogP contribution in [0.25, 0.3) is 5.52 Å². The maximum Gasteiger partial charge on any atom is 0.355 e. The number of halogens is 1. The highest BCUT2D eigenvalue weighted by Crippen LogP contribution is 2.18. The summed E-state index contributed by atoms with van der Waals surface area (Å²) in [4.78, 5) is 11.8. The molecule has 0 aliphatic carbocycles. The number of fused-ring (bicyclic) bond motifs is 1. The van der Waals surface area contributed by atoms with E-state index in [4.69, 9.17) is 4.74 Å².